The van der Waals surface area contributed by atoms with Gasteiger partial charge in [-0.1, -0.05) is 12.1 Å². The van der Waals surface area contributed by atoms with E-state index in [0.717, 1.165) is 44.1 Å². The summed E-state index contributed by atoms with van der Waals surface area (Å²) in [6.07, 6.45) is 4.16. The van der Waals surface area contributed by atoms with Crippen molar-refractivity contribution in [1.29, 1.82) is 0 Å². The van der Waals surface area contributed by atoms with E-state index in [2.05, 4.69) is 6.07 Å². The molecule has 0 bridgehead atoms. The number of hydrogen-bond donors (Lipinski definition) is 2. The predicted octanol–water partition coefficient (Wildman–Crippen LogP) is 2.61. The smallest absolute Gasteiger partial charge is 0.341 e. The van der Waals surface area contributed by atoms with E-state index >= 15 is 0 Å². The number of rotatable bonds is 8. The Bertz CT molecular complexity index is 801. The van der Waals surface area contributed by atoms with Gasteiger partial charge in [0, 0.05) is 6.61 Å². The summed E-state index contributed by atoms with van der Waals surface area (Å²) in [5, 5.41) is 19.7. The van der Waals surface area contributed by atoms with Crippen LogP contribution >= 0.6 is 0 Å². The maximum Gasteiger partial charge on any atom is 0.341 e. The first-order chi connectivity index (χ1) is 14.9. The molecule has 2 fully saturated rings. The molecule has 1 unspecified atom stereocenters. The lowest BCUT2D eigenvalue weighted by Crippen LogP contribution is -2.29. The Balaban J connectivity index is 1.36. The van der Waals surface area contributed by atoms with E-state index in [4.69, 9.17) is 19.3 Å². The van der Waals surface area contributed by atoms with E-state index in [0.29, 0.717) is 30.8 Å². The van der Waals surface area contributed by atoms with Crippen LogP contribution in [0, 0.1) is 23.7 Å². The van der Waals surface area contributed by atoms with E-state index in [1.807, 2.05) is 19.1 Å². The van der Waals surface area contributed by atoms with E-state index in [1.54, 1.807) is 0 Å². The second kappa shape index (κ2) is 9.57. The first kappa shape index (κ1) is 22.1. The zero-order chi connectivity index (χ0) is 22.0. The third-order valence-corrected chi connectivity index (χ3v) is 7.18. The fraction of sp³-hybridized carbons (Fsp3) is 0.667. The Morgan fingerprint density at radius 1 is 1.29 bits per heavy atom. The number of esters is 1. The fourth-order valence-electron chi connectivity index (χ4n) is 5.58. The highest BCUT2D eigenvalue weighted by Crippen LogP contribution is 2.48. The average Bonchev–Trinajstić information content (AvgIpc) is 3.37. The maximum atomic E-state index is 12.2. The van der Waals surface area contributed by atoms with Crippen molar-refractivity contribution in [1.82, 2.24) is 0 Å². The summed E-state index contributed by atoms with van der Waals surface area (Å²) in [5.74, 6) is 0.258. The van der Waals surface area contributed by atoms with Crippen molar-refractivity contribution >= 4 is 11.9 Å². The van der Waals surface area contributed by atoms with E-state index in [-0.39, 0.29) is 36.6 Å². The van der Waals surface area contributed by atoms with E-state index in [1.165, 1.54) is 5.56 Å². The van der Waals surface area contributed by atoms with E-state index in [9.17, 15) is 14.7 Å². The molecule has 1 saturated heterocycles. The summed E-state index contributed by atoms with van der Waals surface area (Å²) in [4.78, 5) is 23.1. The van der Waals surface area contributed by atoms with Crippen LogP contribution in [0.5, 0.6) is 5.75 Å². The quantitative estimate of drug-likeness (QED) is 0.609. The minimum atomic E-state index is -0.988. The molecule has 1 aromatic carbocycles. The number of carboxylic acids is 1. The molecule has 7 heteroatoms. The third kappa shape index (κ3) is 5.04. The molecule has 0 aromatic heterocycles. The second-order valence-electron chi connectivity index (χ2n) is 9.26. The van der Waals surface area contributed by atoms with Crippen LogP contribution in [0.2, 0.25) is 0 Å². The molecule has 0 amide bonds. The van der Waals surface area contributed by atoms with Crippen molar-refractivity contribution in [2.24, 2.45) is 23.7 Å². The van der Waals surface area contributed by atoms with Crippen molar-refractivity contribution in [2.75, 3.05) is 19.8 Å². The first-order valence-electron chi connectivity index (χ1n) is 11.3. The van der Waals surface area contributed by atoms with E-state index < -0.39 is 5.97 Å². The normalized spacial score (nSPS) is 30.3. The number of fused-ring (bicyclic) bond motifs is 2. The largest absolute Gasteiger partial charge is 0.482 e. The lowest BCUT2D eigenvalue weighted by atomic mass is 9.73. The summed E-state index contributed by atoms with van der Waals surface area (Å²) in [6, 6.07) is 5.82. The van der Waals surface area contributed by atoms with Crippen LogP contribution in [-0.4, -0.2) is 54.2 Å². The molecular weight excluding hydrogens is 400 g/mol. The number of hydrogen-bond acceptors (Lipinski definition) is 6. The molecule has 3 aliphatic rings. The molecule has 1 aliphatic heterocycles. The van der Waals surface area contributed by atoms with Gasteiger partial charge in [-0.15, -0.1) is 0 Å². The van der Waals surface area contributed by atoms with Crippen LogP contribution in [0.25, 0.3) is 0 Å². The first-order valence-corrected chi connectivity index (χ1v) is 11.3. The number of carbonyl (C=O) groups excluding carboxylic acids is 1. The van der Waals surface area contributed by atoms with Crippen molar-refractivity contribution in [3.05, 3.63) is 29.3 Å². The summed E-state index contributed by atoms with van der Waals surface area (Å²) in [7, 11) is 0. The molecule has 2 N–H and O–H groups in total. The molecule has 2 aliphatic carbocycles. The van der Waals surface area contributed by atoms with Gasteiger partial charge in [0.05, 0.1) is 24.7 Å². The Kier molecular flexibility index (Phi) is 6.82. The van der Waals surface area contributed by atoms with Gasteiger partial charge < -0.3 is 24.4 Å². The molecule has 6 atom stereocenters. The highest BCUT2D eigenvalue weighted by molar-refractivity contribution is 5.73. The molecular formula is C24H32O7. The third-order valence-electron chi connectivity index (χ3n) is 7.18. The standard InChI is InChI=1S/C24H32O7/c1-14(31-24(28)16-7-8-29-12-16)5-6-18-19-9-15-3-2-4-22(30-13-23(26)27)20(15)10-17(19)11-21(18)25/h2-4,14,16-19,21,25H,5-13H2,1H3,(H,26,27)/t14-,16?,17-,18+,19-,21+/m0/s1. The molecule has 1 heterocycles. The van der Waals surface area contributed by atoms with Crippen LogP contribution < -0.4 is 4.74 Å². The van der Waals surface area contributed by atoms with Crippen LogP contribution in [0.4, 0.5) is 0 Å². The lowest BCUT2D eigenvalue weighted by molar-refractivity contribution is -0.153. The van der Waals surface area contributed by atoms with Crippen molar-refractivity contribution in [3.63, 3.8) is 0 Å². The Hall–Kier alpha value is -2.12. The van der Waals surface area contributed by atoms with Crippen molar-refractivity contribution in [3.8, 4) is 5.75 Å². The Morgan fingerprint density at radius 3 is 2.87 bits per heavy atom. The van der Waals surface area contributed by atoms with Crippen LogP contribution in [0.3, 0.4) is 0 Å². The number of aliphatic hydroxyl groups is 1. The molecule has 0 spiro atoms. The van der Waals surface area contributed by atoms with Gasteiger partial charge in [0.2, 0.25) is 0 Å². The second-order valence-corrected chi connectivity index (χ2v) is 9.26. The van der Waals surface area contributed by atoms with Gasteiger partial charge in [-0.25, -0.2) is 4.79 Å². The Labute approximate surface area is 182 Å². The van der Waals surface area contributed by atoms with Crippen LogP contribution in [-0.2, 0) is 31.9 Å². The van der Waals surface area contributed by atoms with Gasteiger partial charge in [-0.3, -0.25) is 4.79 Å². The molecule has 1 saturated carbocycles. The number of aliphatic hydroxyl groups excluding tert-OH is 1. The number of carboxylic acid groups (broad SMARTS) is 1. The molecule has 0 radical (unpaired) electrons. The minimum absolute atomic E-state index is 0.142. The maximum absolute atomic E-state index is 12.2. The summed E-state index contributed by atoms with van der Waals surface area (Å²) >= 11 is 0. The SMILES string of the molecule is C[C@@H](CC[C@@H]1[C@H]2Cc3cccc(OCC(=O)O)c3C[C@H]2C[C@H]1O)OC(=O)C1CCOC1. The van der Waals surface area contributed by atoms with Gasteiger partial charge in [0.1, 0.15) is 5.75 Å². The van der Waals surface area contributed by atoms with Gasteiger partial charge in [-0.2, -0.15) is 0 Å². The fourth-order valence-corrected chi connectivity index (χ4v) is 5.58. The van der Waals surface area contributed by atoms with Crippen LogP contribution in [0.1, 0.15) is 43.7 Å². The van der Waals surface area contributed by atoms with Gasteiger partial charge in [0.15, 0.2) is 6.61 Å². The lowest BCUT2D eigenvalue weighted by Gasteiger charge is -2.32. The van der Waals surface area contributed by atoms with Crippen LogP contribution in [0.15, 0.2) is 18.2 Å². The zero-order valence-electron chi connectivity index (χ0n) is 18.0. The zero-order valence-corrected chi connectivity index (χ0v) is 18.0. The van der Waals surface area contributed by atoms with Crippen molar-refractivity contribution < 1.29 is 34.0 Å². The summed E-state index contributed by atoms with van der Waals surface area (Å²) in [5.41, 5.74) is 2.27. The predicted molar refractivity (Wildman–Crippen MR) is 112 cm³/mol. The number of carbonyl (C=O) groups is 2. The van der Waals surface area contributed by atoms with Gasteiger partial charge in [0.25, 0.3) is 0 Å². The summed E-state index contributed by atoms with van der Waals surface area (Å²) < 4.78 is 16.4. The highest BCUT2D eigenvalue weighted by atomic mass is 16.5. The molecule has 4 rings (SSSR count). The number of ether oxygens (including phenoxy) is 3. The molecule has 170 valence electrons. The van der Waals surface area contributed by atoms with Gasteiger partial charge >= 0.3 is 11.9 Å². The van der Waals surface area contributed by atoms with Gasteiger partial charge in [-0.05, 0) is 80.4 Å². The summed E-state index contributed by atoms with van der Waals surface area (Å²) in [6.45, 7) is 2.65. The Morgan fingerprint density at radius 2 is 2.13 bits per heavy atom. The topological polar surface area (TPSA) is 102 Å². The highest BCUT2D eigenvalue weighted by Gasteiger charge is 2.45. The monoisotopic (exact) mass is 432 g/mol. The number of benzene rings is 1. The molecule has 7 nitrogen and oxygen atoms in total. The molecule has 1 aromatic rings. The van der Waals surface area contributed by atoms with Crippen molar-refractivity contribution in [2.45, 2.75) is 57.7 Å². The number of aliphatic carboxylic acids is 1. The minimum Gasteiger partial charge on any atom is -0.482 e. The average molecular weight is 433 g/mol. The molecule has 31 heavy (non-hydrogen) atoms.